The first-order chi connectivity index (χ1) is 14.5. The zero-order chi connectivity index (χ0) is 21.3. The van der Waals surface area contributed by atoms with E-state index in [0.29, 0.717) is 36.7 Å². The van der Waals surface area contributed by atoms with Crippen LogP contribution in [0.5, 0.6) is 5.75 Å². The molecule has 6 nitrogen and oxygen atoms in total. The van der Waals surface area contributed by atoms with Crippen molar-refractivity contribution >= 4 is 44.4 Å². The van der Waals surface area contributed by atoms with Crippen LogP contribution in [0.15, 0.2) is 57.4 Å². The number of nitrogens with one attached hydrogen (secondary N) is 1. The lowest BCUT2D eigenvalue weighted by molar-refractivity contribution is -0.132. The van der Waals surface area contributed by atoms with Gasteiger partial charge in [-0.05, 0) is 60.5 Å². The van der Waals surface area contributed by atoms with E-state index in [1.54, 1.807) is 4.90 Å². The summed E-state index contributed by atoms with van der Waals surface area (Å²) in [4.78, 5) is 27.4. The van der Waals surface area contributed by atoms with E-state index in [-0.39, 0.29) is 17.9 Å². The van der Waals surface area contributed by atoms with Crippen molar-refractivity contribution in [2.24, 2.45) is 5.92 Å². The predicted molar refractivity (Wildman–Crippen MR) is 119 cm³/mol. The van der Waals surface area contributed by atoms with E-state index in [4.69, 9.17) is 9.15 Å². The largest absolute Gasteiger partial charge is 0.490 e. The summed E-state index contributed by atoms with van der Waals surface area (Å²) < 4.78 is 12.4. The standard InChI is InChI=1S/C23H23BrN2O4/c1-3-29-19-10-6-7-15-13-20(30-21(15)19)14(2)25-22(27)16-11-12-26(23(16)28)18-9-5-4-8-17(18)24/h4-10,13-14,16H,3,11-12H2,1-2H3,(H,25,27). The molecule has 0 radical (unpaired) electrons. The molecule has 0 saturated carbocycles. The number of para-hydroxylation sites is 2. The molecule has 1 aliphatic heterocycles. The van der Waals surface area contributed by atoms with Gasteiger partial charge in [0.2, 0.25) is 11.8 Å². The summed E-state index contributed by atoms with van der Waals surface area (Å²) in [6, 6.07) is 14.8. The minimum atomic E-state index is -0.706. The van der Waals surface area contributed by atoms with Crippen molar-refractivity contribution in [2.75, 3.05) is 18.1 Å². The third kappa shape index (κ3) is 3.81. The van der Waals surface area contributed by atoms with E-state index in [9.17, 15) is 9.59 Å². The average molecular weight is 471 g/mol. The van der Waals surface area contributed by atoms with Gasteiger partial charge in [-0.25, -0.2) is 0 Å². The minimum Gasteiger partial charge on any atom is -0.490 e. The minimum absolute atomic E-state index is 0.185. The number of anilines is 1. The number of amides is 2. The summed E-state index contributed by atoms with van der Waals surface area (Å²) in [7, 11) is 0. The van der Waals surface area contributed by atoms with Gasteiger partial charge in [-0.1, -0.05) is 24.3 Å². The molecule has 4 rings (SSSR count). The monoisotopic (exact) mass is 470 g/mol. The number of fused-ring (bicyclic) bond motifs is 1. The van der Waals surface area contributed by atoms with E-state index in [2.05, 4.69) is 21.2 Å². The number of ether oxygens (including phenoxy) is 1. The summed E-state index contributed by atoms with van der Waals surface area (Å²) >= 11 is 3.48. The normalized spacial score (nSPS) is 17.4. The molecule has 2 atom stereocenters. The summed E-state index contributed by atoms with van der Waals surface area (Å²) in [6.07, 6.45) is 0.480. The molecule has 1 aliphatic rings. The number of nitrogens with zero attached hydrogens (tertiary/aromatic N) is 1. The molecular weight excluding hydrogens is 448 g/mol. The van der Waals surface area contributed by atoms with Crippen molar-refractivity contribution in [2.45, 2.75) is 26.3 Å². The third-order valence-corrected chi connectivity index (χ3v) is 5.95. The molecule has 2 aromatic carbocycles. The highest BCUT2D eigenvalue weighted by Crippen LogP contribution is 2.33. The van der Waals surface area contributed by atoms with E-state index < -0.39 is 5.92 Å². The highest BCUT2D eigenvalue weighted by molar-refractivity contribution is 9.10. The Bertz CT molecular complexity index is 1090. The molecule has 0 spiro atoms. The Hall–Kier alpha value is -2.80. The van der Waals surface area contributed by atoms with Gasteiger partial charge in [0.05, 0.1) is 18.3 Å². The fourth-order valence-electron chi connectivity index (χ4n) is 3.76. The van der Waals surface area contributed by atoms with Crippen LogP contribution >= 0.6 is 15.9 Å². The van der Waals surface area contributed by atoms with Gasteiger partial charge < -0.3 is 19.4 Å². The quantitative estimate of drug-likeness (QED) is 0.523. The van der Waals surface area contributed by atoms with Gasteiger partial charge in [0.15, 0.2) is 11.3 Å². The number of hydrogen-bond acceptors (Lipinski definition) is 4. The number of carbonyl (C=O) groups excluding carboxylic acids is 2. The van der Waals surface area contributed by atoms with Crippen LogP contribution in [0.4, 0.5) is 5.69 Å². The van der Waals surface area contributed by atoms with Crippen molar-refractivity contribution in [3.63, 3.8) is 0 Å². The Balaban J connectivity index is 1.48. The molecule has 30 heavy (non-hydrogen) atoms. The topological polar surface area (TPSA) is 71.8 Å². The lowest BCUT2D eigenvalue weighted by Gasteiger charge is -2.19. The van der Waals surface area contributed by atoms with Crippen LogP contribution in [0.1, 0.15) is 32.1 Å². The molecular formula is C23H23BrN2O4. The van der Waals surface area contributed by atoms with E-state index in [1.165, 1.54) is 0 Å². The van der Waals surface area contributed by atoms with Crippen LogP contribution in [-0.4, -0.2) is 25.0 Å². The van der Waals surface area contributed by atoms with Crippen LogP contribution in [0.25, 0.3) is 11.0 Å². The molecule has 2 amide bonds. The summed E-state index contributed by atoms with van der Waals surface area (Å²) in [5, 5.41) is 3.85. The molecule has 1 N–H and O–H groups in total. The van der Waals surface area contributed by atoms with Gasteiger partial charge in [0, 0.05) is 16.4 Å². The molecule has 156 valence electrons. The number of halogens is 1. The zero-order valence-electron chi connectivity index (χ0n) is 16.9. The third-order valence-electron chi connectivity index (χ3n) is 5.28. The van der Waals surface area contributed by atoms with Crippen LogP contribution in [0.2, 0.25) is 0 Å². The van der Waals surface area contributed by atoms with Gasteiger partial charge in [-0.3, -0.25) is 9.59 Å². The lowest BCUT2D eigenvalue weighted by Crippen LogP contribution is -2.38. The molecule has 7 heteroatoms. The molecule has 1 saturated heterocycles. The Labute approximate surface area is 183 Å². The molecule has 1 aromatic heterocycles. The van der Waals surface area contributed by atoms with Gasteiger partial charge in [0.25, 0.3) is 0 Å². The van der Waals surface area contributed by atoms with Gasteiger partial charge in [-0.2, -0.15) is 0 Å². The summed E-state index contributed by atoms with van der Waals surface area (Å²) in [5.41, 5.74) is 1.44. The maximum atomic E-state index is 12.9. The zero-order valence-corrected chi connectivity index (χ0v) is 18.4. The van der Waals surface area contributed by atoms with Crippen molar-refractivity contribution in [1.29, 1.82) is 0 Å². The first kappa shape index (κ1) is 20.5. The molecule has 3 aromatic rings. The second-order valence-corrected chi connectivity index (χ2v) is 8.12. The smallest absolute Gasteiger partial charge is 0.239 e. The number of carbonyl (C=O) groups is 2. The van der Waals surface area contributed by atoms with Crippen LogP contribution < -0.4 is 15.0 Å². The van der Waals surface area contributed by atoms with Crippen LogP contribution in [0.3, 0.4) is 0 Å². The summed E-state index contributed by atoms with van der Waals surface area (Å²) in [5.74, 6) is 0.124. The Kier molecular flexibility index (Phi) is 5.81. The van der Waals surface area contributed by atoms with E-state index >= 15 is 0 Å². The predicted octanol–water partition coefficient (Wildman–Crippen LogP) is 4.82. The van der Waals surface area contributed by atoms with Crippen molar-refractivity contribution < 1.29 is 18.7 Å². The Morgan fingerprint density at radius 1 is 1.30 bits per heavy atom. The SMILES string of the molecule is CCOc1cccc2cc(C(C)NC(=O)C3CCN(c4ccccc4Br)C3=O)oc12. The van der Waals surface area contributed by atoms with Crippen molar-refractivity contribution in [3.05, 3.63) is 58.8 Å². The van der Waals surface area contributed by atoms with Gasteiger partial charge >= 0.3 is 0 Å². The first-order valence-electron chi connectivity index (χ1n) is 10.0. The van der Waals surface area contributed by atoms with Crippen molar-refractivity contribution in [1.82, 2.24) is 5.32 Å². The maximum Gasteiger partial charge on any atom is 0.239 e. The highest BCUT2D eigenvalue weighted by atomic mass is 79.9. The molecule has 0 bridgehead atoms. The second-order valence-electron chi connectivity index (χ2n) is 7.27. The van der Waals surface area contributed by atoms with Crippen LogP contribution in [-0.2, 0) is 9.59 Å². The molecule has 1 fully saturated rings. The van der Waals surface area contributed by atoms with Crippen molar-refractivity contribution in [3.8, 4) is 5.75 Å². The number of furan rings is 1. The molecule has 0 aliphatic carbocycles. The fraction of sp³-hybridized carbons (Fsp3) is 0.304. The number of benzene rings is 2. The Morgan fingerprint density at radius 3 is 2.87 bits per heavy atom. The van der Waals surface area contributed by atoms with E-state index in [1.807, 2.05) is 62.4 Å². The molecule has 2 unspecified atom stereocenters. The summed E-state index contributed by atoms with van der Waals surface area (Å²) in [6.45, 7) is 4.82. The van der Waals surface area contributed by atoms with Gasteiger partial charge in [-0.15, -0.1) is 0 Å². The number of rotatable bonds is 6. The van der Waals surface area contributed by atoms with Crippen LogP contribution in [0, 0.1) is 5.92 Å². The second kappa shape index (κ2) is 8.52. The lowest BCUT2D eigenvalue weighted by atomic mass is 10.1. The average Bonchev–Trinajstić information content (AvgIpc) is 3.33. The van der Waals surface area contributed by atoms with Gasteiger partial charge in [0.1, 0.15) is 11.7 Å². The first-order valence-corrected chi connectivity index (χ1v) is 10.8. The maximum absolute atomic E-state index is 12.9. The number of hydrogen-bond donors (Lipinski definition) is 1. The fourth-order valence-corrected chi connectivity index (χ4v) is 4.26. The highest BCUT2D eigenvalue weighted by Gasteiger charge is 2.38. The Morgan fingerprint density at radius 2 is 2.10 bits per heavy atom. The molecule has 2 heterocycles. The van der Waals surface area contributed by atoms with E-state index in [0.717, 1.165) is 15.5 Å².